The monoisotopic (exact) mass is 591 g/mol. The molecule has 2 aliphatic carbocycles. The van der Waals surface area contributed by atoms with E-state index in [1.165, 1.54) is 22.3 Å². The fourth-order valence-corrected chi connectivity index (χ4v) is 5.97. The van der Waals surface area contributed by atoms with E-state index in [2.05, 4.69) is 101 Å². The van der Waals surface area contributed by atoms with Crippen LogP contribution in [0.5, 0.6) is 17.2 Å². The summed E-state index contributed by atoms with van der Waals surface area (Å²) in [5.74, 6) is 3.88. The summed E-state index contributed by atoms with van der Waals surface area (Å²) in [7, 11) is 0. The summed E-state index contributed by atoms with van der Waals surface area (Å²) >= 11 is 0. The Morgan fingerprint density at radius 2 is 0.886 bits per heavy atom. The van der Waals surface area contributed by atoms with Crippen LogP contribution >= 0.6 is 0 Å². The van der Waals surface area contributed by atoms with E-state index in [-0.39, 0.29) is 0 Å². The molecular weight excluding hydrogens is 544 g/mol. The van der Waals surface area contributed by atoms with E-state index in [9.17, 15) is 0 Å². The predicted octanol–water partition coefficient (Wildman–Crippen LogP) is 9.31. The molecule has 8 bridgehead atoms. The van der Waals surface area contributed by atoms with Crippen molar-refractivity contribution in [1.29, 1.82) is 0 Å². The third kappa shape index (κ3) is 7.37. The zero-order chi connectivity index (χ0) is 30.7. The first kappa shape index (κ1) is 31.4. The van der Waals surface area contributed by atoms with Crippen molar-refractivity contribution in [2.24, 2.45) is 0 Å². The molecule has 0 aliphatic heterocycles. The Labute approximate surface area is 264 Å². The minimum atomic E-state index is 0.664. The van der Waals surface area contributed by atoms with E-state index >= 15 is 0 Å². The molecule has 0 spiro atoms. The normalized spacial score (nSPS) is 14.0. The minimum absolute atomic E-state index is 0.664. The number of fused-ring (bicyclic) bond motifs is 7. The second-order valence-electron chi connectivity index (χ2n) is 11.7. The number of ether oxygens (including phenoxy) is 4. The zero-order valence-electron chi connectivity index (χ0n) is 27.0. The molecule has 0 saturated carbocycles. The Kier molecular flexibility index (Phi) is 11.2. The summed E-state index contributed by atoms with van der Waals surface area (Å²) in [6.45, 7) is 11.3. The van der Waals surface area contributed by atoms with Crippen molar-refractivity contribution in [2.45, 2.75) is 79.1 Å². The maximum absolute atomic E-state index is 6.53. The van der Waals surface area contributed by atoms with Crippen LogP contribution in [0.15, 0.2) is 83.7 Å². The maximum atomic E-state index is 6.53. The van der Waals surface area contributed by atoms with E-state index in [0.29, 0.717) is 39.3 Å². The Balaban J connectivity index is 1.73. The average Bonchev–Trinajstić information content (AvgIpc) is 3.03. The van der Waals surface area contributed by atoms with Gasteiger partial charge in [-0.3, -0.25) is 0 Å². The van der Waals surface area contributed by atoms with Gasteiger partial charge in [0.15, 0.2) is 0 Å². The van der Waals surface area contributed by atoms with Crippen molar-refractivity contribution in [3.8, 4) is 17.2 Å². The van der Waals surface area contributed by atoms with Gasteiger partial charge in [-0.1, -0.05) is 82.3 Å². The standard InChI is InChI=1S/C40H47O4/c1-5-21-41-37-29-13-9-14-30(37)26-32-16-11-18-34(39(32)43-23-7-3)28-36-20-12-19-35(40(36)44-24-8-4)27-33-17-10-15-31(25-29)38(33)42-22-6-2/h9-11,13-20H,5-8,21-28H2,1-4H3/q+1. The number of para-hydroxylation sites is 3. The molecule has 3 aromatic carbocycles. The summed E-state index contributed by atoms with van der Waals surface area (Å²) in [6, 6.07) is 19.7. The lowest BCUT2D eigenvalue weighted by atomic mass is 9.89. The molecule has 4 nitrogen and oxygen atoms in total. The van der Waals surface area contributed by atoms with Crippen molar-refractivity contribution in [3.05, 3.63) is 123 Å². The first-order valence-electron chi connectivity index (χ1n) is 16.5. The molecule has 44 heavy (non-hydrogen) atoms. The predicted molar refractivity (Wildman–Crippen MR) is 179 cm³/mol. The van der Waals surface area contributed by atoms with Crippen LogP contribution in [0, 0.1) is 6.08 Å². The third-order valence-corrected chi connectivity index (χ3v) is 7.96. The van der Waals surface area contributed by atoms with Gasteiger partial charge in [-0.2, -0.15) is 0 Å². The number of hydrogen-bond donors (Lipinski definition) is 0. The molecule has 2 aliphatic rings. The van der Waals surface area contributed by atoms with Gasteiger partial charge in [0.25, 0.3) is 0 Å². The summed E-state index contributed by atoms with van der Waals surface area (Å²) in [5.41, 5.74) is 9.28. The van der Waals surface area contributed by atoms with Crippen molar-refractivity contribution in [2.75, 3.05) is 26.4 Å². The molecule has 3 aromatic rings. The molecular formula is C40H47O4+. The highest BCUT2D eigenvalue weighted by atomic mass is 16.5. The Bertz CT molecular complexity index is 1510. The van der Waals surface area contributed by atoms with E-state index in [4.69, 9.17) is 18.9 Å². The van der Waals surface area contributed by atoms with Crippen LogP contribution in [0.3, 0.4) is 0 Å². The molecule has 0 amide bonds. The van der Waals surface area contributed by atoms with Gasteiger partial charge >= 0.3 is 0 Å². The van der Waals surface area contributed by atoms with Gasteiger partial charge in [0.1, 0.15) is 40.5 Å². The molecule has 0 N–H and O–H groups in total. The molecule has 0 aromatic heterocycles. The van der Waals surface area contributed by atoms with Crippen LogP contribution in [-0.4, -0.2) is 26.4 Å². The number of benzene rings is 3. The third-order valence-electron chi connectivity index (χ3n) is 7.96. The summed E-state index contributed by atoms with van der Waals surface area (Å²) < 4.78 is 26.1. The Morgan fingerprint density at radius 1 is 0.500 bits per heavy atom. The molecule has 0 saturated heterocycles. The van der Waals surface area contributed by atoms with Crippen LogP contribution in [0.2, 0.25) is 0 Å². The van der Waals surface area contributed by atoms with Gasteiger partial charge < -0.3 is 18.9 Å². The first-order chi connectivity index (χ1) is 21.7. The molecule has 4 heteroatoms. The maximum Gasteiger partial charge on any atom is 0.240 e. The van der Waals surface area contributed by atoms with Crippen molar-refractivity contribution in [3.63, 3.8) is 0 Å². The number of rotatable bonds is 12. The fourth-order valence-electron chi connectivity index (χ4n) is 5.97. The molecule has 0 fully saturated rings. The van der Waals surface area contributed by atoms with Crippen LogP contribution < -0.4 is 14.2 Å². The van der Waals surface area contributed by atoms with E-state index in [0.717, 1.165) is 83.8 Å². The lowest BCUT2D eigenvalue weighted by Gasteiger charge is -2.21. The van der Waals surface area contributed by atoms with Crippen LogP contribution in [0.4, 0.5) is 0 Å². The lowest BCUT2D eigenvalue weighted by Crippen LogP contribution is -2.11. The average molecular weight is 592 g/mol. The summed E-state index contributed by atoms with van der Waals surface area (Å²) in [4.78, 5) is 0. The van der Waals surface area contributed by atoms with Crippen molar-refractivity contribution in [1.82, 2.24) is 0 Å². The zero-order valence-corrected chi connectivity index (χ0v) is 27.0. The smallest absolute Gasteiger partial charge is 0.240 e. The molecule has 0 heterocycles. The molecule has 0 atom stereocenters. The second-order valence-corrected chi connectivity index (χ2v) is 11.7. The van der Waals surface area contributed by atoms with Crippen LogP contribution in [-0.2, 0) is 30.4 Å². The second kappa shape index (κ2) is 15.6. The quantitative estimate of drug-likeness (QED) is 0.197. The highest BCUT2D eigenvalue weighted by Gasteiger charge is 2.28. The van der Waals surface area contributed by atoms with Crippen molar-refractivity contribution < 1.29 is 18.9 Å². The topological polar surface area (TPSA) is 36.9 Å². The number of hydrogen-bond acceptors (Lipinski definition) is 4. The summed E-state index contributed by atoms with van der Waals surface area (Å²) in [6.07, 6.45) is 14.3. The van der Waals surface area contributed by atoms with Gasteiger partial charge in [0.2, 0.25) is 5.76 Å². The van der Waals surface area contributed by atoms with Gasteiger partial charge in [-0.15, -0.1) is 0 Å². The van der Waals surface area contributed by atoms with Gasteiger partial charge in [0, 0.05) is 30.0 Å². The van der Waals surface area contributed by atoms with Crippen molar-refractivity contribution >= 4 is 0 Å². The van der Waals surface area contributed by atoms with E-state index in [1.54, 1.807) is 0 Å². The first-order valence-corrected chi connectivity index (χ1v) is 16.5. The van der Waals surface area contributed by atoms with E-state index < -0.39 is 0 Å². The fraction of sp³-hybridized carbons (Fsp3) is 0.400. The van der Waals surface area contributed by atoms with Gasteiger partial charge in [-0.25, -0.2) is 0 Å². The minimum Gasteiger partial charge on any atom is -0.493 e. The Hall–Kier alpha value is -4.01. The van der Waals surface area contributed by atoms with Crippen LogP contribution in [0.25, 0.3) is 0 Å². The number of allylic oxidation sites excluding steroid dienone is 5. The molecule has 0 unspecified atom stereocenters. The molecule has 230 valence electrons. The SMILES string of the molecule is CCCOC1=C2C=[C+]C=C1Cc1cccc(c1OCCC)Cc1cccc(c1OCCC)Cc1cccc(c1OCCC)C2. The van der Waals surface area contributed by atoms with Gasteiger partial charge in [0.05, 0.1) is 39.3 Å². The largest absolute Gasteiger partial charge is 0.493 e. The van der Waals surface area contributed by atoms with Crippen LogP contribution in [0.1, 0.15) is 86.8 Å². The summed E-state index contributed by atoms with van der Waals surface area (Å²) in [5, 5.41) is 0. The molecule has 0 radical (unpaired) electrons. The molecule has 5 rings (SSSR count). The lowest BCUT2D eigenvalue weighted by molar-refractivity contribution is 0.215. The highest BCUT2D eigenvalue weighted by Crippen LogP contribution is 2.38. The Morgan fingerprint density at radius 3 is 1.32 bits per heavy atom. The highest BCUT2D eigenvalue weighted by molar-refractivity contribution is 5.55. The van der Waals surface area contributed by atoms with Gasteiger partial charge in [-0.05, 0) is 47.9 Å². The van der Waals surface area contributed by atoms with E-state index in [1.807, 2.05) is 0 Å².